The van der Waals surface area contributed by atoms with E-state index in [1.807, 2.05) is 24.3 Å². The van der Waals surface area contributed by atoms with Crippen LogP contribution >= 0.6 is 0 Å². The number of nitrogens with one attached hydrogen (secondary N) is 2. The molecule has 186 valence electrons. The molecule has 3 aliphatic heterocycles. The Balaban J connectivity index is 1.29. The highest BCUT2D eigenvalue weighted by Gasteiger charge is 2.39. The fourth-order valence-electron chi connectivity index (χ4n) is 5.22. The minimum atomic E-state index is -0.642. The van der Waals surface area contributed by atoms with Crippen LogP contribution in [0, 0.1) is 11.3 Å². The maximum Gasteiger partial charge on any atom is 0.255 e. The number of ether oxygens (including phenoxy) is 1. The maximum absolute atomic E-state index is 13.0. The molecule has 0 radical (unpaired) electrons. The summed E-state index contributed by atoms with van der Waals surface area (Å²) in [4.78, 5) is 40.4. The summed E-state index contributed by atoms with van der Waals surface area (Å²) in [5, 5.41) is 15.1. The van der Waals surface area contributed by atoms with Crippen molar-refractivity contribution in [3.63, 3.8) is 0 Å². The SMILES string of the molecule is N#CCN1CC[C@H](NCc2ccccc2)[C@@H](Oc2ccc3c(c2)CN(C2CCC(=O)NC2=O)C3=O)C1. The molecule has 0 saturated carbocycles. The van der Waals surface area contributed by atoms with Gasteiger partial charge in [-0.1, -0.05) is 30.3 Å². The molecule has 2 aromatic carbocycles. The standard InChI is InChI=1S/C27H29N5O4/c28-11-13-31-12-10-22(29-15-18-4-2-1-3-5-18)24(17-31)36-20-6-7-21-19(14-20)16-32(27(21)35)23-8-9-25(33)30-26(23)34/h1-7,14,22-24,29H,8-10,12-13,15-17H2,(H,30,33,34)/t22-,23?,24-/m0/s1. The van der Waals surface area contributed by atoms with Gasteiger partial charge in [0.25, 0.3) is 5.91 Å². The van der Waals surface area contributed by atoms with Gasteiger partial charge in [0.2, 0.25) is 11.8 Å². The van der Waals surface area contributed by atoms with Gasteiger partial charge in [0.05, 0.1) is 12.6 Å². The first-order valence-electron chi connectivity index (χ1n) is 12.3. The van der Waals surface area contributed by atoms with Crippen molar-refractivity contribution in [2.24, 2.45) is 0 Å². The lowest BCUT2D eigenvalue weighted by atomic mass is 10.0. The highest BCUT2D eigenvalue weighted by molar-refractivity contribution is 6.05. The second-order valence-corrected chi connectivity index (χ2v) is 9.53. The fourth-order valence-corrected chi connectivity index (χ4v) is 5.22. The first-order chi connectivity index (χ1) is 17.5. The Morgan fingerprint density at radius 1 is 1.11 bits per heavy atom. The molecular formula is C27H29N5O4. The molecule has 0 aliphatic carbocycles. The third-order valence-electron chi connectivity index (χ3n) is 7.13. The normalized spacial score (nSPS) is 24.2. The number of imide groups is 1. The lowest BCUT2D eigenvalue weighted by Gasteiger charge is -2.38. The third kappa shape index (κ3) is 5.10. The molecule has 0 spiro atoms. The van der Waals surface area contributed by atoms with Gasteiger partial charge in [-0.15, -0.1) is 0 Å². The molecule has 3 atom stereocenters. The van der Waals surface area contributed by atoms with Gasteiger partial charge in [0.15, 0.2) is 0 Å². The number of nitriles is 1. The van der Waals surface area contributed by atoms with E-state index in [9.17, 15) is 19.6 Å². The van der Waals surface area contributed by atoms with E-state index in [1.165, 1.54) is 10.5 Å². The molecule has 9 nitrogen and oxygen atoms in total. The van der Waals surface area contributed by atoms with Crippen LogP contribution in [0.25, 0.3) is 0 Å². The molecule has 2 N–H and O–H groups in total. The second-order valence-electron chi connectivity index (χ2n) is 9.53. The maximum atomic E-state index is 13.0. The molecule has 2 saturated heterocycles. The Bertz CT molecular complexity index is 1190. The molecule has 2 fully saturated rings. The van der Waals surface area contributed by atoms with Crippen LogP contribution in [0.15, 0.2) is 48.5 Å². The lowest BCUT2D eigenvalue weighted by Crippen LogP contribution is -2.54. The summed E-state index contributed by atoms with van der Waals surface area (Å²) in [6.07, 6.45) is 1.24. The number of amides is 3. The van der Waals surface area contributed by atoms with E-state index in [2.05, 4.69) is 33.7 Å². The molecular weight excluding hydrogens is 458 g/mol. The van der Waals surface area contributed by atoms with Gasteiger partial charge in [-0.3, -0.25) is 24.6 Å². The summed E-state index contributed by atoms with van der Waals surface area (Å²) in [6, 6.07) is 17.3. The molecule has 2 aromatic rings. The highest BCUT2D eigenvalue weighted by atomic mass is 16.5. The van der Waals surface area contributed by atoms with Crippen LogP contribution in [0.1, 0.15) is 40.7 Å². The topological polar surface area (TPSA) is 115 Å². The summed E-state index contributed by atoms with van der Waals surface area (Å²) < 4.78 is 6.44. The first-order valence-corrected chi connectivity index (χ1v) is 12.3. The van der Waals surface area contributed by atoms with E-state index in [0.29, 0.717) is 37.4 Å². The zero-order chi connectivity index (χ0) is 25.1. The number of hydrogen-bond donors (Lipinski definition) is 2. The van der Waals surface area contributed by atoms with Gasteiger partial charge in [-0.25, -0.2) is 0 Å². The molecule has 0 aromatic heterocycles. The lowest BCUT2D eigenvalue weighted by molar-refractivity contribution is -0.136. The van der Waals surface area contributed by atoms with E-state index in [0.717, 1.165) is 25.1 Å². The number of nitrogens with zero attached hydrogens (tertiary/aromatic N) is 3. The van der Waals surface area contributed by atoms with Crippen molar-refractivity contribution in [3.05, 3.63) is 65.2 Å². The molecule has 5 rings (SSSR count). The number of rotatable bonds is 7. The predicted molar refractivity (Wildman–Crippen MR) is 131 cm³/mol. The molecule has 3 aliphatic rings. The van der Waals surface area contributed by atoms with Gasteiger partial charge >= 0.3 is 0 Å². The number of hydrogen-bond acceptors (Lipinski definition) is 7. The largest absolute Gasteiger partial charge is 0.487 e. The molecule has 3 amide bonds. The summed E-state index contributed by atoms with van der Waals surface area (Å²) in [5.41, 5.74) is 2.56. The summed E-state index contributed by atoms with van der Waals surface area (Å²) >= 11 is 0. The van der Waals surface area contributed by atoms with Crippen molar-refractivity contribution in [3.8, 4) is 11.8 Å². The highest BCUT2D eigenvalue weighted by Crippen LogP contribution is 2.31. The van der Waals surface area contributed by atoms with Gasteiger partial charge < -0.3 is 15.0 Å². The van der Waals surface area contributed by atoms with Crippen LogP contribution in [-0.4, -0.2) is 65.3 Å². The zero-order valence-electron chi connectivity index (χ0n) is 20.0. The molecule has 9 heteroatoms. The van der Waals surface area contributed by atoms with Gasteiger partial charge in [-0.2, -0.15) is 5.26 Å². The number of carbonyl (C=O) groups is 3. The Morgan fingerprint density at radius 3 is 2.72 bits per heavy atom. The van der Waals surface area contributed by atoms with Gasteiger partial charge in [0, 0.05) is 44.2 Å². The summed E-state index contributed by atoms with van der Waals surface area (Å²) in [5.74, 6) is -0.270. The molecule has 3 heterocycles. The molecule has 0 bridgehead atoms. The van der Waals surface area contributed by atoms with Crippen LogP contribution in [0.5, 0.6) is 5.75 Å². The van der Waals surface area contributed by atoms with Crippen molar-refractivity contribution < 1.29 is 19.1 Å². The smallest absolute Gasteiger partial charge is 0.255 e. The predicted octanol–water partition coefficient (Wildman–Crippen LogP) is 1.58. The van der Waals surface area contributed by atoms with Crippen LogP contribution in [0.4, 0.5) is 0 Å². The van der Waals surface area contributed by atoms with Crippen molar-refractivity contribution in [1.29, 1.82) is 5.26 Å². The van der Waals surface area contributed by atoms with Gasteiger partial charge in [-0.05, 0) is 42.2 Å². The third-order valence-corrected chi connectivity index (χ3v) is 7.13. The monoisotopic (exact) mass is 487 g/mol. The van der Waals surface area contributed by atoms with Crippen LogP contribution in [-0.2, 0) is 22.7 Å². The fraction of sp³-hybridized carbons (Fsp3) is 0.407. The summed E-state index contributed by atoms with van der Waals surface area (Å²) in [7, 11) is 0. The van der Waals surface area contributed by atoms with Crippen molar-refractivity contribution in [2.45, 2.75) is 50.5 Å². The minimum Gasteiger partial charge on any atom is -0.487 e. The van der Waals surface area contributed by atoms with E-state index < -0.39 is 11.9 Å². The van der Waals surface area contributed by atoms with Crippen molar-refractivity contribution >= 4 is 17.7 Å². The van der Waals surface area contributed by atoms with E-state index in [1.54, 1.807) is 12.1 Å². The number of piperidine rings is 2. The molecule has 36 heavy (non-hydrogen) atoms. The number of carbonyl (C=O) groups excluding carboxylic acids is 3. The summed E-state index contributed by atoms with van der Waals surface area (Å²) in [6.45, 7) is 2.82. The second kappa shape index (κ2) is 10.5. The van der Waals surface area contributed by atoms with Crippen LogP contribution in [0.3, 0.4) is 0 Å². The number of fused-ring (bicyclic) bond motifs is 1. The molecule has 1 unspecified atom stereocenters. The van der Waals surface area contributed by atoms with E-state index in [-0.39, 0.29) is 30.4 Å². The zero-order valence-corrected chi connectivity index (χ0v) is 20.0. The number of benzene rings is 2. The Hall–Kier alpha value is -3.74. The Labute approximate surface area is 210 Å². The van der Waals surface area contributed by atoms with E-state index >= 15 is 0 Å². The van der Waals surface area contributed by atoms with Gasteiger partial charge in [0.1, 0.15) is 17.9 Å². The Morgan fingerprint density at radius 2 is 1.94 bits per heavy atom. The average molecular weight is 488 g/mol. The van der Waals surface area contributed by atoms with Crippen molar-refractivity contribution in [1.82, 2.24) is 20.4 Å². The number of likely N-dealkylation sites (tertiary alicyclic amines) is 1. The average Bonchev–Trinajstić information content (AvgIpc) is 3.20. The minimum absolute atomic E-state index is 0.106. The van der Waals surface area contributed by atoms with Crippen LogP contribution in [0.2, 0.25) is 0 Å². The first kappa shape index (κ1) is 24.0. The quantitative estimate of drug-likeness (QED) is 0.450. The Kier molecular flexibility index (Phi) is 6.98. The van der Waals surface area contributed by atoms with Crippen LogP contribution < -0.4 is 15.4 Å². The van der Waals surface area contributed by atoms with Crippen molar-refractivity contribution in [2.75, 3.05) is 19.6 Å². The van der Waals surface area contributed by atoms with E-state index in [4.69, 9.17) is 4.74 Å².